The molecule has 0 unspecified atom stereocenters. The van der Waals surface area contributed by atoms with Gasteiger partial charge < -0.3 is 96.9 Å². The van der Waals surface area contributed by atoms with Crippen LogP contribution >= 0.6 is 0 Å². The van der Waals surface area contributed by atoms with Crippen molar-refractivity contribution in [2.45, 2.75) is 173 Å². The topological polar surface area (TPSA) is 571 Å². The summed E-state index contributed by atoms with van der Waals surface area (Å²) in [6.07, 6.45) is -2.59. The van der Waals surface area contributed by atoms with Crippen LogP contribution in [0.5, 0.6) is 0 Å². The Balaban J connectivity index is 6.54. The van der Waals surface area contributed by atoms with E-state index in [-0.39, 0.29) is 38.2 Å². The van der Waals surface area contributed by atoms with Crippen molar-refractivity contribution in [1.82, 2.24) is 47.9 Å². The van der Waals surface area contributed by atoms with Crippen LogP contribution < -0.4 is 76.5 Å². The fourth-order valence-corrected chi connectivity index (χ4v) is 7.40. The molecule has 0 aliphatic heterocycles. The predicted octanol–water partition coefficient (Wildman–Crippen LogP) is -5.99. The first-order valence-electron chi connectivity index (χ1n) is 26.2. The van der Waals surface area contributed by atoms with Crippen LogP contribution in [0.2, 0.25) is 0 Å². The molecule has 0 aromatic rings. The molecule has 0 aromatic carbocycles. The van der Waals surface area contributed by atoms with Crippen molar-refractivity contribution in [1.29, 1.82) is 0 Å². The Morgan fingerprint density at radius 2 is 0.889 bits per heavy atom. The van der Waals surface area contributed by atoms with E-state index in [1.807, 2.05) is 5.32 Å². The summed E-state index contributed by atoms with van der Waals surface area (Å²) in [6, 6.07) is -14.4. The number of nitrogens with one attached hydrogen (secondary N) is 9. The van der Waals surface area contributed by atoms with Gasteiger partial charge in [0.15, 0.2) is 5.96 Å². The molecule has 0 fully saturated rings. The minimum atomic E-state index is -1.98. The number of rotatable bonds is 41. The molecule has 33 heteroatoms. The van der Waals surface area contributed by atoms with Gasteiger partial charge in [-0.05, 0) is 56.4 Å². The summed E-state index contributed by atoms with van der Waals surface area (Å²) in [5.74, 6) is -19.2. The minimum absolute atomic E-state index is 0.0410. The van der Waals surface area contributed by atoms with E-state index in [0.717, 1.165) is 0 Å². The molecule has 0 aromatic heterocycles. The Kier molecular flexibility index (Phi) is 33.8. The first-order valence-corrected chi connectivity index (χ1v) is 26.2. The van der Waals surface area contributed by atoms with Gasteiger partial charge >= 0.3 is 23.9 Å². The molecule has 23 N–H and O–H groups in total. The summed E-state index contributed by atoms with van der Waals surface area (Å²) in [6.45, 7) is 8.83. The molecular weight excluding hydrogens is 1070 g/mol. The quantitative estimate of drug-likeness (QED) is 0.0154. The first-order chi connectivity index (χ1) is 37.8. The van der Waals surface area contributed by atoms with Crippen molar-refractivity contribution in [3.8, 4) is 0 Å². The van der Waals surface area contributed by atoms with E-state index in [1.54, 1.807) is 27.7 Å². The van der Waals surface area contributed by atoms with Crippen LogP contribution in [0.1, 0.15) is 119 Å². The van der Waals surface area contributed by atoms with Crippen LogP contribution in [0, 0.1) is 17.8 Å². The number of carbonyl (C=O) groups excluding carboxylic acids is 10. The third kappa shape index (κ3) is 29.0. The van der Waals surface area contributed by atoms with Gasteiger partial charge in [0.2, 0.25) is 59.1 Å². The second-order valence-electron chi connectivity index (χ2n) is 19.5. The van der Waals surface area contributed by atoms with E-state index in [1.165, 1.54) is 13.8 Å². The molecule has 0 spiro atoms. The minimum Gasteiger partial charge on any atom is -0.481 e. The van der Waals surface area contributed by atoms with Crippen LogP contribution in [0.25, 0.3) is 0 Å². The first kappa shape index (κ1) is 72.8. The maximum absolute atomic E-state index is 14.0. The molecule has 0 saturated carbocycles. The predicted molar refractivity (Wildman–Crippen MR) is 286 cm³/mol. The number of nitrogens with two attached hydrogens (primary N) is 5. The maximum Gasteiger partial charge on any atom is 0.326 e. The van der Waals surface area contributed by atoms with Crippen LogP contribution in [0.3, 0.4) is 0 Å². The van der Waals surface area contributed by atoms with Crippen LogP contribution in [-0.4, -0.2) is 183 Å². The Morgan fingerprint density at radius 3 is 1.37 bits per heavy atom. The summed E-state index contributed by atoms with van der Waals surface area (Å²) in [4.78, 5) is 184. The van der Waals surface area contributed by atoms with Gasteiger partial charge in [0.05, 0.1) is 31.8 Å². The molecular formula is C48H83N15O18. The molecule has 81 heavy (non-hydrogen) atoms. The van der Waals surface area contributed by atoms with Gasteiger partial charge in [-0.15, -0.1) is 0 Å². The number of carboxylic acid groups (broad SMARTS) is 4. The standard InChI is InChI=1S/C48H83N15O18/c1-7-23(5)37(63-43(76)29(19-34(68)69)58-39(72)25(50)12-9-10-16-49)44(77)55-21-32(65)61-38(24(6)8-2)46(79)57-27(14-15-31(51)64)41(74)62-36(22(3)4)45(78)59-28(18-33(66)67)42(75)56-26(13-11-17-54-48(52)53)40(73)60-30(47(80)81)20-35(70)71/h22-30,36-38H,7-21,49-50H2,1-6H3,(H2,51,64)(H,55,77)(H,56,75)(H,57,79)(H,58,72)(H,59,78)(H,60,73)(H,61,65)(H,62,74)(H,63,76)(H,66,67)(H,68,69)(H,70,71)(H,80,81)(H4,52,53,54)/t23-,24-,25-,26-,27-,28-,29-,30-,36-,37-,38-/m0/s1. The van der Waals surface area contributed by atoms with Crippen molar-refractivity contribution in [2.75, 3.05) is 19.6 Å². The van der Waals surface area contributed by atoms with Gasteiger partial charge in [-0.25, -0.2) is 4.79 Å². The van der Waals surface area contributed by atoms with Crippen LogP contribution in [0.15, 0.2) is 4.99 Å². The number of aliphatic imine (C=N–C) groups is 1. The zero-order chi connectivity index (χ0) is 62.3. The zero-order valence-electron chi connectivity index (χ0n) is 46.4. The maximum atomic E-state index is 14.0. The number of primary amides is 1. The van der Waals surface area contributed by atoms with E-state index in [9.17, 15) is 82.4 Å². The highest BCUT2D eigenvalue weighted by Crippen LogP contribution is 2.13. The summed E-state index contributed by atoms with van der Waals surface area (Å²) < 4.78 is 0. The van der Waals surface area contributed by atoms with Crippen molar-refractivity contribution < 1.29 is 87.5 Å². The summed E-state index contributed by atoms with van der Waals surface area (Å²) >= 11 is 0. The summed E-state index contributed by atoms with van der Waals surface area (Å²) in [5, 5.41) is 58.7. The van der Waals surface area contributed by atoms with Gasteiger partial charge in [-0.2, -0.15) is 0 Å². The Morgan fingerprint density at radius 1 is 0.469 bits per heavy atom. The lowest BCUT2D eigenvalue weighted by atomic mass is 9.97. The molecule has 0 rings (SSSR count). The molecule has 10 amide bonds. The highest BCUT2D eigenvalue weighted by Gasteiger charge is 2.37. The van der Waals surface area contributed by atoms with Gasteiger partial charge in [0.25, 0.3) is 0 Å². The SMILES string of the molecule is CC[C@H](C)[C@H](NC(=O)CNC(=O)[C@@H](NC(=O)[C@H](CC(=O)O)NC(=O)[C@@H](N)CCCCN)[C@@H](C)CC)C(=O)N[C@@H](CCC(N)=O)C(=O)N[C@H](C(=O)N[C@@H](CC(=O)O)C(=O)N[C@@H](CCCN=C(N)N)C(=O)N[C@@H](CC(=O)O)C(=O)O)C(C)C. The smallest absolute Gasteiger partial charge is 0.326 e. The third-order valence-electron chi connectivity index (χ3n) is 12.5. The molecule has 0 heterocycles. The largest absolute Gasteiger partial charge is 0.481 e. The second-order valence-corrected chi connectivity index (χ2v) is 19.5. The Bertz CT molecular complexity index is 2250. The van der Waals surface area contributed by atoms with E-state index in [4.69, 9.17) is 33.8 Å². The van der Waals surface area contributed by atoms with E-state index in [2.05, 4.69) is 47.5 Å². The van der Waals surface area contributed by atoms with Gasteiger partial charge in [0.1, 0.15) is 48.3 Å². The fraction of sp³-hybridized carbons (Fsp3) is 0.688. The highest BCUT2D eigenvalue weighted by molar-refractivity contribution is 5.99. The number of amides is 10. The van der Waals surface area contributed by atoms with Crippen molar-refractivity contribution >= 4 is 88.9 Å². The number of carbonyl (C=O) groups is 14. The lowest BCUT2D eigenvalue weighted by Gasteiger charge is -2.29. The number of hydrogen-bond donors (Lipinski definition) is 18. The van der Waals surface area contributed by atoms with Gasteiger partial charge in [-0.3, -0.25) is 67.3 Å². The van der Waals surface area contributed by atoms with E-state index in [0.29, 0.717) is 25.8 Å². The monoisotopic (exact) mass is 1160 g/mol. The highest BCUT2D eigenvalue weighted by atomic mass is 16.4. The van der Waals surface area contributed by atoms with Crippen molar-refractivity contribution in [2.24, 2.45) is 51.4 Å². The molecule has 0 aliphatic carbocycles. The molecule has 33 nitrogen and oxygen atoms in total. The molecule has 0 bridgehead atoms. The molecule has 11 atom stereocenters. The summed E-state index contributed by atoms with van der Waals surface area (Å²) in [5.41, 5.74) is 27.5. The second kappa shape index (κ2) is 37.6. The fourth-order valence-electron chi connectivity index (χ4n) is 7.40. The number of unbranched alkanes of at least 4 members (excludes halogenated alkanes) is 1. The zero-order valence-corrected chi connectivity index (χ0v) is 46.4. The average molecular weight is 1160 g/mol. The summed E-state index contributed by atoms with van der Waals surface area (Å²) in [7, 11) is 0. The number of aliphatic carboxylic acids is 4. The van der Waals surface area contributed by atoms with Crippen molar-refractivity contribution in [3.05, 3.63) is 0 Å². The van der Waals surface area contributed by atoms with E-state index < -0.39 is 194 Å². The van der Waals surface area contributed by atoms with Gasteiger partial charge in [0, 0.05) is 13.0 Å². The number of carboxylic acids is 4. The lowest BCUT2D eigenvalue weighted by molar-refractivity contribution is -0.147. The molecule has 0 radical (unpaired) electrons. The van der Waals surface area contributed by atoms with Gasteiger partial charge in [-0.1, -0.05) is 60.8 Å². The Hall–Kier alpha value is -8.23. The van der Waals surface area contributed by atoms with Crippen LogP contribution in [0.4, 0.5) is 0 Å². The van der Waals surface area contributed by atoms with Crippen LogP contribution in [-0.2, 0) is 67.1 Å². The molecule has 0 saturated heterocycles. The third-order valence-corrected chi connectivity index (χ3v) is 12.5. The Labute approximate surface area is 467 Å². The molecule has 0 aliphatic rings. The number of nitrogens with zero attached hydrogens (tertiary/aromatic N) is 1. The molecule has 458 valence electrons. The number of hydrogen-bond acceptors (Lipinski definition) is 17. The lowest BCUT2D eigenvalue weighted by Crippen LogP contribution is -2.61. The normalized spacial score (nSPS) is 15.0. The number of guanidine groups is 1. The van der Waals surface area contributed by atoms with E-state index >= 15 is 0 Å². The van der Waals surface area contributed by atoms with Crippen molar-refractivity contribution in [3.63, 3.8) is 0 Å². The average Bonchev–Trinajstić information content (AvgIpc) is 3.37.